The Morgan fingerprint density at radius 3 is 2.68 bits per heavy atom. The van der Waals surface area contributed by atoms with E-state index in [1.54, 1.807) is 0 Å². The number of aryl methyl sites for hydroxylation is 1. The van der Waals surface area contributed by atoms with Crippen LogP contribution in [0.4, 0.5) is 5.69 Å². The van der Waals surface area contributed by atoms with Gasteiger partial charge in [0.25, 0.3) is 0 Å². The molecule has 1 aromatic carbocycles. The standard InChI is InChI=1S/C17H28N2/c1-3-6-15-8-10-16(11-9-15)18-13-12-17-7-4-5-14-19(17)2/h8-11,17-18H,3-7,12-14H2,1-2H3. The van der Waals surface area contributed by atoms with Crippen LogP contribution in [0.15, 0.2) is 24.3 Å². The lowest BCUT2D eigenvalue weighted by molar-refractivity contribution is 0.179. The van der Waals surface area contributed by atoms with E-state index in [1.165, 1.54) is 56.3 Å². The van der Waals surface area contributed by atoms with Crippen LogP contribution in [0.3, 0.4) is 0 Å². The van der Waals surface area contributed by atoms with Crippen molar-refractivity contribution in [3.8, 4) is 0 Å². The van der Waals surface area contributed by atoms with E-state index in [-0.39, 0.29) is 0 Å². The Labute approximate surface area is 118 Å². The zero-order valence-electron chi connectivity index (χ0n) is 12.5. The summed E-state index contributed by atoms with van der Waals surface area (Å²) in [5.74, 6) is 0. The van der Waals surface area contributed by atoms with Crippen molar-refractivity contribution in [3.63, 3.8) is 0 Å². The highest BCUT2D eigenvalue weighted by Gasteiger charge is 2.17. The van der Waals surface area contributed by atoms with Crippen molar-refractivity contribution in [1.29, 1.82) is 0 Å². The highest BCUT2D eigenvalue weighted by atomic mass is 15.1. The van der Waals surface area contributed by atoms with Crippen LogP contribution in [0.25, 0.3) is 0 Å². The highest BCUT2D eigenvalue weighted by molar-refractivity contribution is 5.44. The molecule has 2 nitrogen and oxygen atoms in total. The van der Waals surface area contributed by atoms with Gasteiger partial charge in [-0.15, -0.1) is 0 Å². The van der Waals surface area contributed by atoms with E-state index < -0.39 is 0 Å². The predicted octanol–water partition coefficient (Wildman–Crippen LogP) is 3.93. The maximum atomic E-state index is 3.56. The largest absolute Gasteiger partial charge is 0.385 e. The maximum absolute atomic E-state index is 3.56. The number of anilines is 1. The van der Waals surface area contributed by atoms with Gasteiger partial charge in [-0.1, -0.05) is 31.9 Å². The van der Waals surface area contributed by atoms with Gasteiger partial charge in [0.1, 0.15) is 0 Å². The van der Waals surface area contributed by atoms with Crippen molar-refractivity contribution in [1.82, 2.24) is 4.90 Å². The average Bonchev–Trinajstić information content (AvgIpc) is 2.43. The molecule has 0 bridgehead atoms. The third-order valence-corrected chi connectivity index (χ3v) is 4.22. The molecule has 1 aliphatic rings. The Hall–Kier alpha value is -1.02. The minimum absolute atomic E-state index is 0.778. The van der Waals surface area contributed by atoms with Crippen molar-refractivity contribution in [3.05, 3.63) is 29.8 Å². The second-order valence-electron chi connectivity index (χ2n) is 5.79. The van der Waals surface area contributed by atoms with Crippen molar-refractivity contribution in [2.24, 2.45) is 0 Å². The summed E-state index contributed by atoms with van der Waals surface area (Å²) in [6, 6.07) is 9.71. The van der Waals surface area contributed by atoms with Gasteiger partial charge in [0.05, 0.1) is 0 Å². The SMILES string of the molecule is CCCc1ccc(NCCC2CCCCN2C)cc1. The molecular weight excluding hydrogens is 232 g/mol. The number of nitrogens with one attached hydrogen (secondary N) is 1. The van der Waals surface area contributed by atoms with Gasteiger partial charge < -0.3 is 10.2 Å². The Balaban J connectivity index is 1.72. The first kappa shape index (κ1) is 14.4. The first-order valence-corrected chi connectivity index (χ1v) is 7.82. The molecule has 1 atom stereocenters. The van der Waals surface area contributed by atoms with E-state index in [0.717, 1.165) is 12.6 Å². The molecule has 0 spiro atoms. The van der Waals surface area contributed by atoms with Crippen LogP contribution in [0.1, 0.15) is 44.6 Å². The predicted molar refractivity (Wildman–Crippen MR) is 83.8 cm³/mol. The summed E-state index contributed by atoms with van der Waals surface area (Å²) < 4.78 is 0. The number of rotatable bonds is 6. The first-order valence-electron chi connectivity index (χ1n) is 7.82. The normalized spacial score (nSPS) is 20.4. The second kappa shape index (κ2) is 7.54. The van der Waals surface area contributed by atoms with Crippen LogP contribution in [-0.4, -0.2) is 31.1 Å². The van der Waals surface area contributed by atoms with Gasteiger partial charge in [-0.3, -0.25) is 0 Å². The number of nitrogens with zero attached hydrogens (tertiary/aromatic N) is 1. The monoisotopic (exact) mass is 260 g/mol. The lowest BCUT2D eigenvalue weighted by atomic mass is 10.0. The summed E-state index contributed by atoms with van der Waals surface area (Å²) in [5, 5.41) is 3.56. The quantitative estimate of drug-likeness (QED) is 0.834. The van der Waals surface area contributed by atoms with Crippen molar-refractivity contribution >= 4 is 5.69 Å². The average molecular weight is 260 g/mol. The summed E-state index contributed by atoms with van der Waals surface area (Å²) in [4.78, 5) is 2.52. The molecule has 0 aliphatic carbocycles. The summed E-state index contributed by atoms with van der Waals surface area (Å²) in [6.07, 6.45) is 7.81. The molecule has 2 heteroatoms. The van der Waals surface area contributed by atoms with E-state index in [9.17, 15) is 0 Å². The molecule has 1 saturated heterocycles. The van der Waals surface area contributed by atoms with Crippen LogP contribution >= 0.6 is 0 Å². The van der Waals surface area contributed by atoms with Gasteiger partial charge in [0.15, 0.2) is 0 Å². The number of hydrogen-bond acceptors (Lipinski definition) is 2. The van der Waals surface area contributed by atoms with Gasteiger partial charge in [0, 0.05) is 18.3 Å². The van der Waals surface area contributed by atoms with Gasteiger partial charge in [-0.2, -0.15) is 0 Å². The fraction of sp³-hybridized carbons (Fsp3) is 0.647. The van der Waals surface area contributed by atoms with E-state index in [0.29, 0.717) is 0 Å². The molecule has 1 aliphatic heterocycles. The lowest BCUT2D eigenvalue weighted by Crippen LogP contribution is -2.37. The fourth-order valence-electron chi connectivity index (χ4n) is 2.97. The molecule has 1 aromatic rings. The van der Waals surface area contributed by atoms with Gasteiger partial charge in [-0.25, -0.2) is 0 Å². The third kappa shape index (κ3) is 4.54. The van der Waals surface area contributed by atoms with Gasteiger partial charge in [0.2, 0.25) is 0 Å². The van der Waals surface area contributed by atoms with E-state index in [4.69, 9.17) is 0 Å². The summed E-state index contributed by atoms with van der Waals surface area (Å²) in [6.45, 7) is 4.59. The lowest BCUT2D eigenvalue weighted by Gasteiger charge is -2.32. The number of piperidine rings is 1. The smallest absolute Gasteiger partial charge is 0.0340 e. The third-order valence-electron chi connectivity index (χ3n) is 4.22. The Morgan fingerprint density at radius 2 is 2.00 bits per heavy atom. The van der Waals surface area contributed by atoms with Crippen molar-refractivity contribution in [2.45, 2.75) is 51.5 Å². The maximum Gasteiger partial charge on any atom is 0.0340 e. The molecule has 106 valence electrons. The molecule has 19 heavy (non-hydrogen) atoms. The Bertz CT molecular complexity index is 358. The zero-order chi connectivity index (χ0) is 13.5. The molecule has 1 heterocycles. The van der Waals surface area contributed by atoms with Crippen LogP contribution in [0.2, 0.25) is 0 Å². The van der Waals surface area contributed by atoms with E-state index in [1.807, 2.05) is 0 Å². The molecule has 2 rings (SSSR count). The van der Waals surface area contributed by atoms with E-state index in [2.05, 4.69) is 48.5 Å². The number of benzene rings is 1. The molecule has 0 radical (unpaired) electrons. The summed E-state index contributed by atoms with van der Waals surface area (Å²) in [5.41, 5.74) is 2.71. The minimum Gasteiger partial charge on any atom is -0.385 e. The van der Waals surface area contributed by atoms with Gasteiger partial charge >= 0.3 is 0 Å². The molecule has 0 aromatic heterocycles. The summed E-state index contributed by atoms with van der Waals surface area (Å²) in [7, 11) is 2.27. The molecule has 1 N–H and O–H groups in total. The Kier molecular flexibility index (Phi) is 5.71. The zero-order valence-corrected chi connectivity index (χ0v) is 12.5. The van der Waals surface area contributed by atoms with Crippen LogP contribution in [0, 0.1) is 0 Å². The van der Waals surface area contributed by atoms with Crippen LogP contribution in [0.5, 0.6) is 0 Å². The first-order chi connectivity index (χ1) is 9.29. The van der Waals surface area contributed by atoms with Crippen molar-refractivity contribution < 1.29 is 0 Å². The number of hydrogen-bond donors (Lipinski definition) is 1. The minimum atomic E-state index is 0.778. The van der Waals surface area contributed by atoms with Crippen LogP contribution in [-0.2, 0) is 6.42 Å². The molecule has 1 fully saturated rings. The highest BCUT2D eigenvalue weighted by Crippen LogP contribution is 2.18. The van der Waals surface area contributed by atoms with Gasteiger partial charge in [-0.05, 0) is 57.0 Å². The molecular formula is C17H28N2. The molecule has 1 unspecified atom stereocenters. The van der Waals surface area contributed by atoms with Crippen molar-refractivity contribution in [2.75, 3.05) is 25.5 Å². The fourth-order valence-corrected chi connectivity index (χ4v) is 2.97. The number of likely N-dealkylation sites (tertiary alicyclic amines) is 1. The Morgan fingerprint density at radius 1 is 1.21 bits per heavy atom. The topological polar surface area (TPSA) is 15.3 Å². The summed E-state index contributed by atoms with van der Waals surface area (Å²) >= 11 is 0. The molecule has 0 amide bonds. The molecule has 0 saturated carbocycles. The second-order valence-corrected chi connectivity index (χ2v) is 5.79. The van der Waals surface area contributed by atoms with E-state index >= 15 is 0 Å². The van der Waals surface area contributed by atoms with Crippen LogP contribution < -0.4 is 5.32 Å².